The topological polar surface area (TPSA) is 117 Å². The molecule has 1 fully saturated rings. The largest absolute Gasteiger partial charge is 0.480 e. The first-order valence-corrected chi connectivity index (χ1v) is 5.55. The Hall–Kier alpha value is -1.67. The van der Waals surface area contributed by atoms with Crippen molar-refractivity contribution >= 4 is 17.8 Å². The fraction of sp³-hybridized carbons (Fsp3) is 0.700. The molecule has 0 aromatic heterocycles. The fourth-order valence-electron chi connectivity index (χ4n) is 1.61. The van der Waals surface area contributed by atoms with Gasteiger partial charge in [0.05, 0.1) is 18.7 Å². The molecule has 2 unspecified atom stereocenters. The molecule has 18 heavy (non-hydrogen) atoms. The second kappa shape index (κ2) is 6.92. The highest BCUT2D eigenvalue weighted by atomic mass is 16.5. The Kier molecular flexibility index (Phi) is 5.53. The number of rotatable bonds is 6. The van der Waals surface area contributed by atoms with Gasteiger partial charge in [0.1, 0.15) is 6.54 Å². The van der Waals surface area contributed by atoms with E-state index in [1.54, 1.807) is 7.11 Å². The van der Waals surface area contributed by atoms with E-state index in [1.807, 2.05) is 0 Å². The molecule has 0 aromatic rings. The third kappa shape index (κ3) is 4.68. The molecule has 8 heteroatoms. The molecule has 2 amide bonds. The van der Waals surface area contributed by atoms with Crippen molar-refractivity contribution in [2.45, 2.75) is 18.6 Å². The van der Waals surface area contributed by atoms with Gasteiger partial charge in [0, 0.05) is 13.7 Å². The van der Waals surface area contributed by atoms with Crippen LogP contribution in [0.4, 0.5) is 0 Å². The van der Waals surface area contributed by atoms with Gasteiger partial charge >= 0.3 is 5.97 Å². The summed E-state index contributed by atoms with van der Waals surface area (Å²) in [7, 11) is 1.58. The van der Waals surface area contributed by atoms with Gasteiger partial charge in [0.25, 0.3) is 0 Å². The molecule has 1 aliphatic heterocycles. The minimum absolute atomic E-state index is 0.00147. The summed E-state index contributed by atoms with van der Waals surface area (Å²) >= 11 is 0. The van der Waals surface area contributed by atoms with Crippen LogP contribution in [0, 0.1) is 0 Å². The number of amides is 2. The molecule has 0 aliphatic carbocycles. The lowest BCUT2D eigenvalue weighted by Crippen LogP contribution is -2.45. The highest BCUT2D eigenvalue weighted by molar-refractivity contribution is 5.88. The predicted molar refractivity (Wildman–Crippen MR) is 60.9 cm³/mol. The molecule has 0 bridgehead atoms. The number of ether oxygens (including phenoxy) is 1. The number of nitrogens with one attached hydrogen (secondary N) is 3. The van der Waals surface area contributed by atoms with E-state index in [4.69, 9.17) is 9.84 Å². The Bertz CT molecular complexity index is 333. The van der Waals surface area contributed by atoms with Crippen molar-refractivity contribution in [2.24, 2.45) is 0 Å². The van der Waals surface area contributed by atoms with Gasteiger partial charge < -0.3 is 25.8 Å². The zero-order chi connectivity index (χ0) is 13.5. The molecule has 1 aliphatic rings. The average molecular weight is 259 g/mol. The van der Waals surface area contributed by atoms with Gasteiger partial charge in [-0.3, -0.25) is 14.4 Å². The average Bonchev–Trinajstić information content (AvgIpc) is 2.82. The molecule has 102 valence electrons. The van der Waals surface area contributed by atoms with E-state index in [0.717, 1.165) is 0 Å². The normalized spacial score (nSPS) is 22.5. The summed E-state index contributed by atoms with van der Waals surface area (Å²) in [4.78, 5) is 33.0. The maximum Gasteiger partial charge on any atom is 0.322 e. The number of hydrogen-bond donors (Lipinski definition) is 4. The Labute approximate surface area is 104 Å². The van der Waals surface area contributed by atoms with Crippen molar-refractivity contribution in [3.05, 3.63) is 0 Å². The van der Waals surface area contributed by atoms with E-state index in [1.165, 1.54) is 0 Å². The Morgan fingerprint density at radius 1 is 1.33 bits per heavy atom. The zero-order valence-corrected chi connectivity index (χ0v) is 10.1. The molecular formula is C10H17N3O5. The smallest absolute Gasteiger partial charge is 0.322 e. The number of carboxylic acids is 1. The van der Waals surface area contributed by atoms with Gasteiger partial charge in [-0.2, -0.15) is 0 Å². The number of carbonyl (C=O) groups is 3. The summed E-state index contributed by atoms with van der Waals surface area (Å²) in [6, 6.07) is -0.373. The van der Waals surface area contributed by atoms with Gasteiger partial charge in [-0.15, -0.1) is 0 Å². The van der Waals surface area contributed by atoms with Crippen LogP contribution in [-0.2, 0) is 19.1 Å². The van der Waals surface area contributed by atoms with E-state index in [0.29, 0.717) is 13.0 Å². The monoisotopic (exact) mass is 259 g/mol. The highest BCUT2D eigenvalue weighted by Gasteiger charge is 2.29. The standard InChI is InChI=1S/C10H17N3O5/c1-18-6-2-7(11-3-6)10(17)13-4-8(14)12-5-9(15)16/h6-7,11H,2-5H2,1H3,(H,12,14)(H,13,17)(H,15,16). The van der Waals surface area contributed by atoms with Crippen molar-refractivity contribution in [3.8, 4) is 0 Å². The van der Waals surface area contributed by atoms with E-state index in [9.17, 15) is 14.4 Å². The molecule has 0 saturated carbocycles. The van der Waals surface area contributed by atoms with Gasteiger partial charge in [0.15, 0.2) is 0 Å². The summed E-state index contributed by atoms with van der Waals surface area (Å²) in [5.74, 6) is -1.96. The van der Waals surface area contributed by atoms with Gasteiger partial charge in [0.2, 0.25) is 11.8 Å². The molecule has 1 heterocycles. The molecule has 4 N–H and O–H groups in total. The van der Waals surface area contributed by atoms with Crippen LogP contribution >= 0.6 is 0 Å². The summed E-state index contributed by atoms with van der Waals surface area (Å²) in [6.07, 6.45) is 0.556. The molecule has 0 aromatic carbocycles. The molecule has 0 radical (unpaired) electrons. The fourth-order valence-corrected chi connectivity index (χ4v) is 1.61. The van der Waals surface area contributed by atoms with E-state index in [2.05, 4.69) is 16.0 Å². The van der Waals surface area contributed by atoms with Crippen LogP contribution in [0.3, 0.4) is 0 Å². The first kappa shape index (κ1) is 14.4. The number of aliphatic carboxylic acids is 1. The van der Waals surface area contributed by atoms with Crippen molar-refractivity contribution < 1.29 is 24.2 Å². The second-order valence-corrected chi connectivity index (χ2v) is 3.94. The predicted octanol–water partition coefficient (Wildman–Crippen LogP) is -2.32. The van der Waals surface area contributed by atoms with Crippen LogP contribution in [0.1, 0.15) is 6.42 Å². The van der Waals surface area contributed by atoms with Crippen LogP contribution < -0.4 is 16.0 Å². The van der Waals surface area contributed by atoms with E-state index >= 15 is 0 Å². The van der Waals surface area contributed by atoms with Crippen molar-refractivity contribution in [2.75, 3.05) is 26.7 Å². The van der Waals surface area contributed by atoms with Gasteiger partial charge in [-0.05, 0) is 6.42 Å². The lowest BCUT2D eigenvalue weighted by molar-refractivity contribution is -0.137. The van der Waals surface area contributed by atoms with Crippen LogP contribution in [0.2, 0.25) is 0 Å². The van der Waals surface area contributed by atoms with Crippen molar-refractivity contribution in [1.29, 1.82) is 0 Å². The first-order valence-electron chi connectivity index (χ1n) is 5.55. The number of methoxy groups -OCH3 is 1. The third-order valence-corrected chi connectivity index (χ3v) is 2.60. The Morgan fingerprint density at radius 2 is 2.06 bits per heavy atom. The number of carboxylic acid groups (broad SMARTS) is 1. The van der Waals surface area contributed by atoms with Crippen molar-refractivity contribution in [1.82, 2.24) is 16.0 Å². The summed E-state index contributed by atoms with van der Waals surface area (Å²) in [6.45, 7) is -0.0934. The Balaban J connectivity index is 2.21. The third-order valence-electron chi connectivity index (χ3n) is 2.60. The van der Waals surface area contributed by atoms with Gasteiger partial charge in [-0.25, -0.2) is 0 Å². The molecule has 2 atom stereocenters. The molecule has 0 spiro atoms. The summed E-state index contributed by atoms with van der Waals surface area (Å²) < 4.78 is 5.09. The zero-order valence-electron chi connectivity index (χ0n) is 10.1. The maximum absolute atomic E-state index is 11.6. The number of hydrogen-bond acceptors (Lipinski definition) is 5. The molecule has 8 nitrogen and oxygen atoms in total. The van der Waals surface area contributed by atoms with Crippen LogP contribution in [0.5, 0.6) is 0 Å². The maximum atomic E-state index is 11.6. The molecule has 1 rings (SSSR count). The SMILES string of the molecule is COC1CNC(C(=O)NCC(=O)NCC(=O)O)C1. The summed E-state index contributed by atoms with van der Waals surface area (Å²) in [5.41, 5.74) is 0. The highest BCUT2D eigenvalue weighted by Crippen LogP contribution is 2.09. The first-order chi connectivity index (χ1) is 8.52. The minimum Gasteiger partial charge on any atom is -0.480 e. The quantitative estimate of drug-likeness (QED) is 0.425. The minimum atomic E-state index is -1.13. The summed E-state index contributed by atoms with van der Waals surface area (Å²) in [5, 5.41) is 15.9. The molecular weight excluding hydrogens is 242 g/mol. The Morgan fingerprint density at radius 3 is 2.61 bits per heavy atom. The van der Waals surface area contributed by atoms with Crippen molar-refractivity contribution in [3.63, 3.8) is 0 Å². The molecule has 1 saturated heterocycles. The van der Waals surface area contributed by atoms with E-state index in [-0.39, 0.29) is 24.6 Å². The number of carbonyl (C=O) groups excluding carboxylic acids is 2. The lowest BCUT2D eigenvalue weighted by atomic mass is 10.2. The van der Waals surface area contributed by atoms with Gasteiger partial charge in [-0.1, -0.05) is 0 Å². The second-order valence-electron chi connectivity index (χ2n) is 3.94. The van der Waals surface area contributed by atoms with Crippen LogP contribution in [-0.4, -0.2) is 61.8 Å². The van der Waals surface area contributed by atoms with Crippen LogP contribution in [0.25, 0.3) is 0 Å². The van der Waals surface area contributed by atoms with Crippen LogP contribution in [0.15, 0.2) is 0 Å². The lowest BCUT2D eigenvalue weighted by Gasteiger charge is -2.10. The van der Waals surface area contributed by atoms with E-state index < -0.39 is 18.4 Å².